The van der Waals surface area contributed by atoms with Gasteiger partial charge in [0.15, 0.2) is 6.04 Å². The zero-order valence-electron chi connectivity index (χ0n) is 18.6. The fourth-order valence-corrected chi connectivity index (χ4v) is 4.88. The molecule has 0 saturated carbocycles. The summed E-state index contributed by atoms with van der Waals surface area (Å²) in [5.41, 5.74) is 6.05. The summed E-state index contributed by atoms with van der Waals surface area (Å²) in [6, 6.07) is 20.5. The number of carbonyl (C=O) groups excluding carboxylic acids is 1. The number of carboxylic acids is 1. The lowest BCUT2D eigenvalue weighted by Gasteiger charge is -2.29. The second-order valence-corrected chi connectivity index (χ2v) is 9.10. The van der Waals surface area contributed by atoms with Crippen molar-refractivity contribution in [3.05, 3.63) is 93.5 Å². The van der Waals surface area contributed by atoms with Gasteiger partial charge in [0, 0.05) is 16.9 Å². The largest absolute Gasteiger partial charge is 0.479 e. The Hall–Kier alpha value is -3.12. The number of rotatable bonds is 7. The summed E-state index contributed by atoms with van der Waals surface area (Å²) in [6.07, 6.45) is -0.0103. The van der Waals surface area contributed by atoms with Gasteiger partial charge < -0.3 is 9.84 Å². The van der Waals surface area contributed by atoms with Crippen LogP contribution in [0.2, 0.25) is 0 Å². The van der Waals surface area contributed by atoms with Gasteiger partial charge in [0.1, 0.15) is 6.61 Å². The highest BCUT2D eigenvalue weighted by Gasteiger charge is 2.34. The fourth-order valence-electron chi connectivity index (χ4n) is 4.48. The van der Waals surface area contributed by atoms with E-state index >= 15 is 0 Å². The molecule has 0 heterocycles. The first kappa shape index (κ1) is 23.1. The molecule has 3 aromatic carbocycles. The number of aliphatic carboxylic acids is 1. The summed E-state index contributed by atoms with van der Waals surface area (Å²) in [6.45, 7) is 4.27. The lowest BCUT2D eigenvalue weighted by molar-refractivity contribution is -0.143. The number of hydrogen-bond donors (Lipinski definition) is 1. The van der Waals surface area contributed by atoms with Crippen molar-refractivity contribution in [2.45, 2.75) is 32.2 Å². The predicted octanol–water partition coefficient (Wildman–Crippen LogP) is 6.54. The molecule has 170 valence electrons. The van der Waals surface area contributed by atoms with Gasteiger partial charge in [-0.25, -0.2) is 9.59 Å². The first-order valence-corrected chi connectivity index (χ1v) is 11.8. The molecule has 0 bridgehead atoms. The molecule has 0 spiro atoms. The molecule has 0 radical (unpaired) electrons. The maximum Gasteiger partial charge on any atom is 0.410 e. The molecule has 0 fully saturated rings. The van der Waals surface area contributed by atoms with E-state index in [1.54, 1.807) is 12.1 Å². The van der Waals surface area contributed by atoms with Gasteiger partial charge in [0.2, 0.25) is 0 Å². The Balaban J connectivity index is 1.59. The number of halogens is 1. The number of amides is 1. The third-order valence-electron chi connectivity index (χ3n) is 6.09. The van der Waals surface area contributed by atoms with Crippen molar-refractivity contribution in [3.8, 4) is 11.1 Å². The van der Waals surface area contributed by atoms with Crippen LogP contribution in [0, 0.1) is 6.92 Å². The molecule has 1 N–H and O–H groups in total. The van der Waals surface area contributed by atoms with Crippen LogP contribution >= 0.6 is 15.9 Å². The van der Waals surface area contributed by atoms with E-state index in [9.17, 15) is 14.7 Å². The van der Waals surface area contributed by atoms with Gasteiger partial charge in [-0.05, 0) is 52.8 Å². The molecule has 1 amide bonds. The number of fused-ring (bicyclic) bond motifs is 3. The number of ether oxygens (including phenoxy) is 1. The van der Waals surface area contributed by atoms with Gasteiger partial charge in [0.25, 0.3) is 0 Å². The molecule has 1 unspecified atom stereocenters. The second-order valence-electron chi connectivity index (χ2n) is 8.25. The highest BCUT2D eigenvalue weighted by molar-refractivity contribution is 9.10. The zero-order chi connectivity index (χ0) is 23.5. The average Bonchev–Trinajstić information content (AvgIpc) is 3.13. The van der Waals surface area contributed by atoms with E-state index in [0.717, 1.165) is 32.3 Å². The predicted molar refractivity (Wildman–Crippen MR) is 131 cm³/mol. The van der Waals surface area contributed by atoms with Gasteiger partial charge in [-0.1, -0.05) is 83.5 Å². The monoisotopic (exact) mass is 507 g/mol. The van der Waals surface area contributed by atoms with Crippen molar-refractivity contribution in [3.63, 3.8) is 0 Å². The summed E-state index contributed by atoms with van der Waals surface area (Å²) in [5, 5.41) is 10.0. The first-order valence-electron chi connectivity index (χ1n) is 11.0. The van der Waals surface area contributed by atoms with Gasteiger partial charge in [-0.2, -0.15) is 0 Å². The third-order valence-corrected chi connectivity index (χ3v) is 6.95. The maximum absolute atomic E-state index is 13.2. The Morgan fingerprint density at radius 3 is 2.18 bits per heavy atom. The molecule has 1 atom stereocenters. The number of nitrogens with zero attached hydrogens (tertiary/aromatic N) is 1. The molecule has 1 aliphatic carbocycles. The van der Waals surface area contributed by atoms with Crippen LogP contribution < -0.4 is 0 Å². The summed E-state index contributed by atoms with van der Waals surface area (Å²) < 4.78 is 6.57. The van der Waals surface area contributed by atoms with E-state index in [4.69, 9.17) is 4.74 Å². The van der Waals surface area contributed by atoms with Crippen LogP contribution in [-0.4, -0.2) is 35.2 Å². The van der Waals surface area contributed by atoms with E-state index in [2.05, 4.69) is 40.2 Å². The Morgan fingerprint density at radius 2 is 1.64 bits per heavy atom. The van der Waals surface area contributed by atoms with E-state index in [0.29, 0.717) is 12.0 Å². The fraction of sp³-hybridized carbons (Fsp3) is 0.259. The van der Waals surface area contributed by atoms with E-state index in [1.165, 1.54) is 4.90 Å². The summed E-state index contributed by atoms with van der Waals surface area (Å²) in [4.78, 5) is 26.8. The maximum atomic E-state index is 13.2. The van der Waals surface area contributed by atoms with Gasteiger partial charge in [0.05, 0.1) is 0 Å². The number of carbonyl (C=O) groups is 2. The van der Waals surface area contributed by atoms with E-state index < -0.39 is 18.1 Å². The van der Waals surface area contributed by atoms with E-state index in [1.807, 2.05) is 44.2 Å². The zero-order valence-corrected chi connectivity index (χ0v) is 20.2. The molecule has 0 aromatic heterocycles. The number of hydrogen-bond acceptors (Lipinski definition) is 3. The number of aryl methyl sites for hydroxylation is 1. The molecule has 0 aliphatic heterocycles. The number of carboxylic acid groups (broad SMARTS) is 1. The molecular weight excluding hydrogens is 482 g/mol. The molecule has 1 aliphatic rings. The Kier molecular flexibility index (Phi) is 6.84. The molecule has 3 aromatic rings. The van der Waals surface area contributed by atoms with E-state index in [-0.39, 0.29) is 19.1 Å². The summed E-state index contributed by atoms with van der Waals surface area (Å²) in [5.74, 6) is -1.17. The molecule has 4 rings (SSSR count). The SMILES string of the molecule is CCCN(C(=O)OCC1c2ccccc2-c2ccccc21)C(C(=O)O)c1ccc(C)c(Br)c1. The highest BCUT2D eigenvalue weighted by atomic mass is 79.9. The Morgan fingerprint density at radius 1 is 1.03 bits per heavy atom. The Labute approximate surface area is 202 Å². The highest BCUT2D eigenvalue weighted by Crippen LogP contribution is 2.44. The minimum Gasteiger partial charge on any atom is -0.479 e. The lowest BCUT2D eigenvalue weighted by Crippen LogP contribution is -2.40. The number of benzene rings is 3. The van der Waals surface area contributed by atoms with Crippen LogP contribution in [0.3, 0.4) is 0 Å². The van der Waals surface area contributed by atoms with Gasteiger partial charge >= 0.3 is 12.1 Å². The molecule has 33 heavy (non-hydrogen) atoms. The van der Waals surface area contributed by atoms with Crippen LogP contribution in [0.4, 0.5) is 4.79 Å². The van der Waals surface area contributed by atoms with Crippen LogP contribution in [-0.2, 0) is 9.53 Å². The van der Waals surface area contributed by atoms with Gasteiger partial charge in [-0.15, -0.1) is 0 Å². The summed E-state index contributed by atoms with van der Waals surface area (Å²) in [7, 11) is 0. The minimum absolute atomic E-state index is 0.0818. The van der Waals surface area contributed by atoms with Gasteiger partial charge in [-0.3, -0.25) is 4.90 Å². The van der Waals surface area contributed by atoms with Crippen molar-refractivity contribution in [1.29, 1.82) is 0 Å². The van der Waals surface area contributed by atoms with Crippen molar-refractivity contribution >= 4 is 28.0 Å². The minimum atomic E-state index is -1.13. The van der Waals surface area contributed by atoms with Crippen LogP contribution in [0.1, 0.15) is 47.6 Å². The molecular formula is C27H26BrNO4. The van der Waals surface area contributed by atoms with Crippen molar-refractivity contribution in [2.24, 2.45) is 0 Å². The van der Waals surface area contributed by atoms with Crippen LogP contribution in [0.15, 0.2) is 71.2 Å². The molecule has 5 nitrogen and oxygen atoms in total. The standard InChI is InChI=1S/C27H26BrNO4/c1-3-14-29(25(26(30)31)18-13-12-17(2)24(28)15-18)27(32)33-16-23-21-10-6-4-8-19(21)20-9-5-7-11-22(20)23/h4-13,15,23,25H,3,14,16H2,1-2H3,(H,30,31). The second kappa shape index (κ2) is 9.79. The third kappa shape index (κ3) is 4.53. The van der Waals surface area contributed by atoms with Crippen LogP contribution in [0.5, 0.6) is 0 Å². The molecule has 0 saturated heterocycles. The topological polar surface area (TPSA) is 66.8 Å². The van der Waals surface area contributed by atoms with Crippen molar-refractivity contribution < 1.29 is 19.4 Å². The first-order chi connectivity index (χ1) is 15.9. The Bertz CT molecular complexity index is 1150. The van der Waals surface area contributed by atoms with Crippen molar-refractivity contribution in [2.75, 3.05) is 13.2 Å². The summed E-state index contributed by atoms with van der Waals surface area (Å²) >= 11 is 3.47. The van der Waals surface area contributed by atoms with Crippen molar-refractivity contribution in [1.82, 2.24) is 4.90 Å². The smallest absolute Gasteiger partial charge is 0.410 e. The quantitative estimate of drug-likeness (QED) is 0.393. The average molecular weight is 508 g/mol. The lowest BCUT2D eigenvalue weighted by atomic mass is 9.98. The normalized spacial score (nSPS) is 13.2. The molecule has 6 heteroatoms. The van der Waals surface area contributed by atoms with Crippen LogP contribution in [0.25, 0.3) is 11.1 Å².